The predicted molar refractivity (Wildman–Crippen MR) is 132 cm³/mol. The molecule has 0 atom stereocenters. The van der Waals surface area contributed by atoms with Gasteiger partial charge in [0.2, 0.25) is 5.12 Å². The number of aromatic nitrogens is 3. The Balaban J connectivity index is 1.54. The number of carbonyl (C=O) groups excluding carboxylic acids is 1. The van der Waals surface area contributed by atoms with Crippen LogP contribution in [0.5, 0.6) is 5.75 Å². The van der Waals surface area contributed by atoms with Crippen molar-refractivity contribution in [3.05, 3.63) is 70.4 Å². The first kappa shape index (κ1) is 23.1. The van der Waals surface area contributed by atoms with Crippen LogP contribution in [0.3, 0.4) is 0 Å². The second kappa shape index (κ2) is 9.41. The molecule has 9 heteroatoms. The number of hydrogen-bond acceptors (Lipinski definition) is 5. The van der Waals surface area contributed by atoms with Crippen LogP contribution in [-0.4, -0.2) is 33.3 Å². The number of fused-ring (bicyclic) bond motifs is 1. The van der Waals surface area contributed by atoms with Gasteiger partial charge in [-0.25, -0.2) is 14.4 Å². The van der Waals surface area contributed by atoms with Crippen LogP contribution in [0.2, 0.25) is 5.02 Å². The molecule has 2 aromatic carbocycles. The lowest BCUT2D eigenvalue weighted by Gasteiger charge is -2.12. The number of nitrogens with one attached hydrogen (secondary N) is 1. The van der Waals surface area contributed by atoms with Crippen LogP contribution in [0.4, 0.5) is 10.2 Å². The maximum Gasteiger partial charge on any atom is 0.216 e. The minimum Gasteiger partial charge on any atom is -0.493 e. The summed E-state index contributed by atoms with van der Waals surface area (Å²) in [5, 5.41) is 4.01. The van der Waals surface area contributed by atoms with Crippen molar-refractivity contribution < 1.29 is 13.9 Å². The maximum absolute atomic E-state index is 14.2. The molecule has 0 aliphatic rings. The lowest BCUT2D eigenvalue weighted by Crippen LogP contribution is -2.12. The number of hydrogen-bond donors (Lipinski definition) is 2. The summed E-state index contributed by atoms with van der Waals surface area (Å²) in [6.07, 6.45) is 1.49. The van der Waals surface area contributed by atoms with E-state index >= 15 is 0 Å². The predicted octanol–water partition coefficient (Wildman–Crippen LogP) is 5.70. The molecule has 170 valence electrons. The van der Waals surface area contributed by atoms with Crippen molar-refractivity contribution in [2.24, 2.45) is 0 Å². The van der Waals surface area contributed by atoms with Crippen LogP contribution in [0, 0.1) is 19.7 Å². The number of ether oxygens (including phenoxy) is 1. The fourth-order valence-electron chi connectivity index (χ4n) is 3.95. The molecule has 33 heavy (non-hydrogen) atoms. The van der Waals surface area contributed by atoms with E-state index in [2.05, 4.69) is 27.9 Å². The van der Waals surface area contributed by atoms with Crippen LogP contribution >= 0.6 is 24.2 Å². The Labute approximate surface area is 201 Å². The number of nitrogens with zero attached hydrogens (tertiary/aromatic N) is 3. The quantitative estimate of drug-likeness (QED) is 0.329. The average molecular weight is 485 g/mol. The van der Waals surface area contributed by atoms with Gasteiger partial charge in [-0.2, -0.15) is 0 Å². The number of methoxy groups -OCH3 is 1. The summed E-state index contributed by atoms with van der Waals surface area (Å²) in [5.74, 6) is 0.363. The summed E-state index contributed by atoms with van der Waals surface area (Å²) in [5.41, 5.74) is 4.68. The first-order chi connectivity index (χ1) is 15.8. The number of halogens is 2. The van der Waals surface area contributed by atoms with Gasteiger partial charge in [0.05, 0.1) is 23.3 Å². The fraction of sp³-hybridized carbons (Fsp3) is 0.208. The standard InChI is InChI=1S/C24H22ClFN4O2S/c1-13-8-15(4-5-16(13)24(31)33)20-11-21(29-12-28-20)27-6-7-30-14(2)9-17-22(30)18(25)10-19(26)23(17)32-3/h4-5,8-12H,6-7H2,1-3H3,(H,31,33)(H,27,28,29). The van der Waals surface area contributed by atoms with E-state index in [0.717, 1.165) is 28.0 Å². The van der Waals surface area contributed by atoms with Gasteiger partial charge >= 0.3 is 0 Å². The normalized spacial score (nSPS) is 11.1. The minimum absolute atomic E-state index is 0.186. The van der Waals surface area contributed by atoms with Crippen molar-refractivity contribution in [2.75, 3.05) is 19.0 Å². The van der Waals surface area contributed by atoms with Gasteiger partial charge in [-0.15, -0.1) is 12.6 Å². The molecule has 0 saturated heterocycles. The summed E-state index contributed by atoms with van der Waals surface area (Å²) < 4.78 is 21.4. The highest BCUT2D eigenvalue weighted by Crippen LogP contribution is 2.36. The van der Waals surface area contributed by atoms with Crippen molar-refractivity contribution in [3.8, 4) is 17.0 Å². The van der Waals surface area contributed by atoms with E-state index in [-0.39, 0.29) is 10.9 Å². The van der Waals surface area contributed by atoms with Gasteiger partial charge in [0.25, 0.3) is 0 Å². The van der Waals surface area contributed by atoms with Crippen molar-refractivity contribution in [1.82, 2.24) is 14.5 Å². The summed E-state index contributed by atoms with van der Waals surface area (Å²) in [6.45, 7) is 4.95. The maximum atomic E-state index is 14.2. The Hall–Kier alpha value is -3.10. The lowest BCUT2D eigenvalue weighted by molar-refractivity contribution is 0.109. The lowest BCUT2D eigenvalue weighted by atomic mass is 10.0. The molecule has 0 aliphatic heterocycles. The van der Waals surface area contributed by atoms with Crippen molar-refractivity contribution >= 4 is 46.1 Å². The second-order valence-electron chi connectivity index (χ2n) is 7.62. The number of carbonyl (C=O) groups is 1. The second-order valence-corrected chi connectivity index (χ2v) is 8.44. The van der Waals surface area contributed by atoms with Gasteiger partial charge in [0.1, 0.15) is 12.1 Å². The van der Waals surface area contributed by atoms with Crippen molar-refractivity contribution in [3.63, 3.8) is 0 Å². The molecule has 2 aromatic heterocycles. The Morgan fingerprint density at radius 1 is 1.21 bits per heavy atom. The van der Waals surface area contributed by atoms with Gasteiger partial charge in [0.15, 0.2) is 11.6 Å². The Morgan fingerprint density at radius 3 is 2.70 bits per heavy atom. The zero-order chi connectivity index (χ0) is 23.7. The molecular weight excluding hydrogens is 463 g/mol. The van der Waals surface area contributed by atoms with Gasteiger partial charge in [-0.3, -0.25) is 4.79 Å². The molecule has 6 nitrogen and oxygen atoms in total. The zero-order valence-electron chi connectivity index (χ0n) is 18.3. The number of thiol groups is 1. The molecule has 0 amide bonds. The molecule has 0 saturated carbocycles. The Kier molecular flexibility index (Phi) is 6.58. The van der Waals surface area contributed by atoms with Crippen LogP contribution in [0.1, 0.15) is 21.6 Å². The molecule has 0 fully saturated rings. The highest BCUT2D eigenvalue weighted by atomic mass is 35.5. The number of aryl methyl sites for hydroxylation is 2. The van der Waals surface area contributed by atoms with Crippen molar-refractivity contribution in [2.45, 2.75) is 20.4 Å². The Bertz CT molecular complexity index is 1370. The van der Waals surface area contributed by atoms with E-state index in [1.165, 1.54) is 19.5 Å². The van der Waals surface area contributed by atoms with Crippen LogP contribution in [0.15, 0.2) is 42.7 Å². The van der Waals surface area contributed by atoms with Gasteiger partial charge < -0.3 is 14.6 Å². The molecule has 0 aliphatic carbocycles. The largest absolute Gasteiger partial charge is 0.493 e. The van der Waals surface area contributed by atoms with Crippen molar-refractivity contribution in [1.29, 1.82) is 0 Å². The molecule has 4 rings (SSSR count). The minimum atomic E-state index is -0.485. The first-order valence-electron chi connectivity index (χ1n) is 10.2. The molecule has 4 aromatic rings. The molecule has 2 heterocycles. The third-order valence-corrected chi connectivity index (χ3v) is 6.04. The smallest absolute Gasteiger partial charge is 0.216 e. The molecule has 0 spiro atoms. The first-order valence-corrected chi connectivity index (χ1v) is 11.0. The zero-order valence-corrected chi connectivity index (χ0v) is 20.0. The third kappa shape index (κ3) is 4.54. The summed E-state index contributed by atoms with van der Waals surface area (Å²) in [7, 11) is 1.44. The summed E-state index contributed by atoms with van der Waals surface area (Å²) >= 11 is 10.3. The number of benzene rings is 2. The average Bonchev–Trinajstić information content (AvgIpc) is 3.10. The van der Waals surface area contributed by atoms with E-state index in [1.807, 2.05) is 42.7 Å². The molecule has 0 bridgehead atoms. The van der Waals surface area contributed by atoms with Crippen LogP contribution in [0.25, 0.3) is 22.2 Å². The fourth-order valence-corrected chi connectivity index (χ4v) is 4.50. The third-order valence-electron chi connectivity index (χ3n) is 5.51. The molecular formula is C24H22ClFN4O2S. The van der Waals surface area contributed by atoms with Crippen LogP contribution in [-0.2, 0) is 6.54 Å². The topological polar surface area (TPSA) is 69.0 Å². The van der Waals surface area contributed by atoms with Crippen LogP contribution < -0.4 is 10.1 Å². The number of rotatable bonds is 7. The molecule has 0 radical (unpaired) electrons. The summed E-state index contributed by atoms with van der Waals surface area (Å²) in [6, 6.07) is 10.5. The summed E-state index contributed by atoms with van der Waals surface area (Å²) in [4.78, 5) is 20.2. The van der Waals surface area contributed by atoms with E-state index in [1.54, 1.807) is 6.07 Å². The van der Waals surface area contributed by atoms with E-state index in [4.69, 9.17) is 16.3 Å². The molecule has 0 unspecified atom stereocenters. The van der Waals surface area contributed by atoms with Gasteiger partial charge in [0, 0.05) is 41.4 Å². The van der Waals surface area contributed by atoms with E-state index < -0.39 is 5.82 Å². The van der Waals surface area contributed by atoms with Gasteiger partial charge in [-0.05, 0) is 43.7 Å². The number of anilines is 1. The Morgan fingerprint density at radius 2 is 2.00 bits per heavy atom. The SMILES string of the molecule is COc1c(F)cc(Cl)c2c1cc(C)n2CCNc1cc(-c2ccc(C(=O)S)c(C)c2)ncn1. The highest BCUT2D eigenvalue weighted by molar-refractivity contribution is 7.97. The van der Waals surface area contributed by atoms with E-state index in [9.17, 15) is 9.18 Å². The van der Waals surface area contributed by atoms with Gasteiger partial charge in [-0.1, -0.05) is 17.7 Å². The highest BCUT2D eigenvalue weighted by Gasteiger charge is 2.17. The monoisotopic (exact) mass is 484 g/mol. The van der Waals surface area contributed by atoms with E-state index in [0.29, 0.717) is 34.9 Å². The molecule has 1 N–H and O–H groups in total.